The molecule has 0 saturated carbocycles. The third kappa shape index (κ3) is 3.19. The summed E-state index contributed by atoms with van der Waals surface area (Å²) in [5, 5.41) is 2.68. The summed E-state index contributed by atoms with van der Waals surface area (Å²) in [7, 11) is 0. The SMILES string of the molecule is CC(C)C(=O)Nc1ccc(NN)c(C(=O)NN)c1. The van der Waals surface area contributed by atoms with E-state index in [9.17, 15) is 9.59 Å². The number of amides is 2. The van der Waals surface area contributed by atoms with Crippen molar-refractivity contribution in [3.63, 3.8) is 0 Å². The Balaban J connectivity index is 3.03. The van der Waals surface area contributed by atoms with Crippen LogP contribution in [-0.2, 0) is 4.79 Å². The first-order valence-corrected chi connectivity index (χ1v) is 5.42. The number of anilines is 2. The van der Waals surface area contributed by atoms with E-state index in [1.54, 1.807) is 26.0 Å². The van der Waals surface area contributed by atoms with E-state index in [2.05, 4.69) is 10.7 Å². The van der Waals surface area contributed by atoms with Gasteiger partial charge in [-0.2, -0.15) is 0 Å². The number of nitrogen functional groups attached to an aromatic ring is 2. The molecule has 0 spiro atoms. The second kappa shape index (κ2) is 5.99. The van der Waals surface area contributed by atoms with Gasteiger partial charge < -0.3 is 10.7 Å². The van der Waals surface area contributed by atoms with Crippen LogP contribution in [-0.4, -0.2) is 11.8 Å². The predicted molar refractivity (Wildman–Crippen MR) is 69.4 cm³/mol. The van der Waals surface area contributed by atoms with Crippen molar-refractivity contribution in [1.82, 2.24) is 5.43 Å². The molecule has 0 radical (unpaired) electrons. The summed E-state index contributed by atoms with van der Waals surface area (Å²) >= 11 is 0. The largest absolute Gasteiger partial charge is 0.326 e. The molecule has 7 nitrogen and oxygen atoms in total. The number of nitrogens with one attached hydrogen (secondary N) is 3. The van der Waals surface area contributed by atoms with Gasteiger partial charge in [-0.25, -0.2) is 5.84 Å². The van der Waals surface area contributed by atoms with Crippen LogP contribution in [0.3, 0.4) is 0 Å². The van der Waals surface area contributed by atoms with Crippen LogP contribution in [0.25, 0.3) is 0 Å². The maximum atomic E-state index is 11.5. The van der Waals surface area contributed by atoms with Gasteiger partial charge in [-0.1, -0.05) is 13.8 Å². The third-order valence-corrected chi connectivity index (χ3v) is 2.34. The van der Waals surface area contributed by atoms with Crippen molar-refractivity contribution in [1.29, 1.82) is 0 Å². The second-order valence-corrected chi connectivity index (χ2v) is 4.02. The molecule has 1 aromatic rings. The zero-order valence-electron chi connectivity index (χ0n) is 10.3. The molecule has 0 fully saturated rings. The molecule has 0 bridgehead atoms. The molecule has 18 heavy (non-hydrogen) atoms. The topological polar surface area (TPSA) is 122 Å². The Bertz CT molecular complexity index is 459. The Hall–Kier alpha value is -2.12. The van der Waals surface area contributed by atoms with E-state index in [-0.39, 0.29) is 17.4 Å². The normalized spacial score (nSPS) is 10.1. The summed E-state index contributed by atoms with van der Waals surface area (Å²) in [6.07, 6.45) is 0. The smallest absolute Gasteiger partial charge is 0.267 e. The molecule has 0 atom stereocenters. The first kappa shape index (κ1) is 13.9. The Morgan fingerprint density at radius 1 is 1.22 bits per heavy atom. The number of rotatable bonds is 4. The lowest BCUT2D eigenvalue weighted by Gasteiger charge is -2.12. The molecule has 7 heteroatoms. The van der Waals surface area contributed by atoms with Crippen molar-refractivity contribution in [2.45, 2.75) is 13.8 Å². The molecular formula is C11H17N5O2. The number of nitrogens with two attached hydrogens (primary N) is 2. The van der Waals surface area contributed by atoms with Gasteiger partial charge >= 0.3 is 0 Å². The van der Waals surface area contributed by atoms with Gasteiger partial charge in [0.15, 0.2) is 0 Å². The van der Waals surface area contributed by atoms with Crippen molar-refractivity contribution >= 4 is 23.2 Å². The van der Waals surface area contributed by atoms with Gasteiger partial charge in [0.1, 0.15) is 0 Å². The number of carbonyl (C=O) groups is 2. The summed E-state index contributed by atoms with van der Waals surface area (Å²) in [5.41, 5.74) is 5.57. The Morgan fingerprint density at radius 3 is 2.39 bits per heavy atom. The summed E-state index contributed by atoms with van der Waals surface area (Å²) in [4.78, 5) is 23.1. The quantitative estimate of drug-likeness (QED) is 0.296. The van der Waals surface area contributed by atoms with Crippen molar-refractivity contribution in [2.24, 2.45) is 17.6 Å². The monoisotopic (exact) mass is 251 g/mol. The molecule has 7 N–H and O–H groups in total. The molecule has 0 aliphatic heterocycles. The highest BCUT2D eigenvalue weighted by Crippen LogP contribution is 2.20. The second-order valence-electron chi connectivity index (χ2n) is 4.02. The van der Waals surface area contributed by atoms with E-state index in [4.69, 9.17) is 11.7 Å². The molecule has 0 heterocycles. The lowest BCUT2D eigenvalue weighted by atomic mass is 10.1. The molecule has 0 aliphatic rings. The van der Waals surface area contributed by atoms with Crippen molar-refractivity contribution in [3.05, 3.63) is 23.8 Å². The van der Waals surface area contributed by atoms with E-state index >= 15 is 0 Å². The highest BCUT2D eigenvalue weighted by Gasteiger charge is 2.13. The van der Waals surface area contributed by atoms with Crippen LogP contribution in [0.1, 0.15) is 24.2 Å². The molecule has 0 aliphatic carbocycles. The van der Waals surface area contributed by atoms with Gasteiger partial charge in [-0.15, -0.1) is 0 Å². The maximum Gasteiger partial charge on any atom is 0.267 e. The van der Waals surface area contributed by atoms with Crippen molar-refractivity contribution in [2.75, 3.05) is 10.7 Å². The molecule has 98 valence electrons. The van der Waals surface area contributed by atoms with Gasteiger partial charge in [0, 0.05) is 11.6 Å². The zero-order valence-corrected chi connectivity index (χ0v) is 10.3. The minimum absolute atomic E-state index is 0.137. The fourth-order valence-corrected chi connectivity index (χ4v) is 1.30. The predicted octanol–water partition coefficient (Wildman–Crippen LogP) is 0.170. The minimum Gasteiger partial charge on any atom is -0.326 e. The van der Waals surface area contributed by atoms with E-state index in [1.165, 1.54) is 6.07 Å². The Morgan fingerprint density at radius 2 is 1.89 bits per heavy atom. The van der Waals surface area contributed by atoms with Crippen LogP contribution in [0.4, 0.5) is 11.4 Å². The minimum atomic E-state index is -0.497. The van der Waals surface area contributed by atoms with Crippen molar-refractivity contribution in [3.8, 4) is 0 Å². The highest BCUT2D eigenvalue weighted by atomic mass is 16.2. The number of benzene rings is 1. The van der Waals surface area contributed by atoms with Crippen LogP contribution >= 0.6 is 0 Å². The van der Waals surface area contributed by atoms with Crippen LogP contribution in [0.15, 0.2) is 18.2 Å². The van der Waals surface area contributed by atoms with Gasteiger partial charge in [0.05, 0.1) is 11.3 Å². The molecule has 1 aromatic carbocycles. The van der Waals surface area contributed by atoms with E-state index in [0.717, 1.165) is 0 Å². The van der Waals surface area contributed by atoms with Gasteiger partial charge in [-0.05, 0) is 18.2 Å². The molecular weight excluding hydrogens is 234 g/mol. The first-order chi connectivity index (χ1) is 8.49. The maximum absolute atomic E-state index is 11.5. The lowest BCUT2D eigenvalue weighted by Crippen LogP contribution is -2.31. The zero-order chi connectivity index (χ0) is 13.7. The van der Waals surface area contributed by atoms with E-state index in [0.29, 0.717) is 11.4 Å². The molecule has 0 aromatic heterocycles. The van der Waals surface area contributed by atoms with E-state index in [1.807, 2.05) is 5.43 Å². The standard InChI is InChI=1S/C11H17N5O2/c1-6(2)10(17)14-7-3-4-9(15-12)8(5-7)11(18)16-13/h3-6,15H,12-13H2,1-2H3,(H,14,17)(H,16,18). The van der Waals surface area contributed by atoms with Gasteiger partial charge in [0.2, 0.25) is 5.91 Å². The van der Waals surface area contributed by atoms with E-state index < -0.39 is 5.91 Å². The summed E-state index contributed by atoms with van der Waals surface area (Å²) in [5.74, 6) is 9.57. The first-order valence-electron chi connectivity index (χ1n) is 5.42. The van der Waals surface area contributed by atoms with Gasteiger partial charge in [-0.3, -0.25) is 20.9 Å². The Labute approximate surface area is 105 Å². The number of hydrogen-bond acceptors (Lipinski definition) is 5. The van der Waals surface area contributed by atoms with Crippen LogP contribution in [0.5, 0.6) is 0 Å². The number of hydrazine groups is 2. The summed E-state index contributed by atoms with van der Waals surface area (Å²) in [6.45, 7) is 3.55. The summed E-state index contributed by atoms with van der Waals surface area (Å²) < 4.78 is 0. The van der Waals surface area contributed by atoms with Crippen molar-refractivity contribution < 1.29 is 9.59 Å². The third-order valence-electron chi connectivity index (χ3n) is 2.34. The van der Waals surface area contributed by atoms with Crippen LogP contribution in [0, 0.1) is 5.92 Å². The Kier molecular flexibility index (Phi) is 4.64. The van der Waals surface area contributed by atoms with Gasteiger partial charge in [0.25, 0.3) is 5.91 Å². The molecule has 0 unspecified atom stereocenters. The van der Waals surface area contributed by atoms with Crippen LogP contribution in [0.2, 0.25) is 0 Å². The molecule has 1 rings (SSSR count). The number of hydrogen-bond donors (Lipinski definition) is 5. The average Bonchev–Trinajstić information content (AvgIpc) is 2.37. The summed E-state index contributed by atoms with van der Waals surface area (Å²) in [6, 6.07) is 4.72. The molecule has 0 saturated heterocycles. The fraction of sp³-hybridized carbons (Fsp3) is 0.273. The molecule has 2 amide bonds. The fourth-order valence-electron chi connectivity index (χ4n) is 1.30. The highest BCUT2D eigenvalue weighted by molar-refractivity contribution is 6.01. The number of carbonyl (C=O) groups excluding carboxylic acids is 2. The lowest BCUT2D eigenvalue weighted by molar-refractivity contribution is -0.118. The average molecular weight is 251 g/mol. The van der Waals surface area contributed by atoms with Crippen LogP contribution < -0.4 is 27.9 Å².